The Bertz CT molecular complexity index is 407. The first kappa shape index (κ1) is 11.7. The highest BCUT2D eigenvalue weighted by atomic mass is 35.5. The van der Waals surface area contributed by atoms with Crippen LogP contribution in [0.15, 0.2) is 18.2 Å². The van der Waals surface area contributed by atoms with E-state index in [1.54, 1.807) is 12.1 Å². The second-order valence-electron chi connectivity index (χ2n) is 3.36. The van der Waals surface area contributed by atoms with Crippen molar-refractivity contribution in [3.05, 3.63) is 34.9 Å². The normalized spacial score (nSPS) is 9.67. The van der Waals surface area contributed by atoms with Crippen LogP contribution in [0.3, 0.4) is 0 Å². The van der Waals surface area contributed by atoms with Crippen molar-refractivity contribution in [3.63, 3.8) is 0 Å². The lowest BCUT2D eigenvalue weighted by Gasteiger charge is -2.05. The summed E-state index contributed by atoms with van der Waals surface area (Å²) in [5.41, 5.74) is 1.86. The molecule has 1 aromatic rings. The fourth-order valence-corrected chi connectivity index (χ4v) is 1.59. The largest absolute Gasteiger partial charge is 0.276 e. The van der Waals surface area contributed by atoms with Crippen LogP contribution >= 0.6 is 11.6 Å². The van der Waals surface area contributed by atoms with Gasteiger partial charge in [-0.15, -0.1) is 0 Å². The summed E-state index contributed by atoms with van der Waals surface area (Å²) in [6.45, 7) is 2.09. The van der Waals surface area contributed by atoms with Gasteiger partial charge in [0.25, 0.3) is 5.24 Å². The molecule has 0 radical (unpaired) electrons. The highest BCUT2D eigenvalue weighted by Crippen LogP contribution is 2.16. The maximum absolute atomic E-state index is 11.2. The first-order chi connectivity index (χ1) is 7.19. The standard InChI is InChI=1S/C12H12ClNO/c1-2-3-4-10-6-5-9(8-14)7-11(10)12(13)15/h5-7H,2-4H2,1H3. The monoisotopic (exact) mass is 221 g/mol. The number of benzene rings is 1. The first-order valence-corrected chi connectivity index (χ1v) is 5.29. The van der Waals surface area contributed by atoms with Crippen LogP contribution in [0.2, 0.25) is 0 Å². The summed E-state index contributed by atoms with van der Waals surface area (Å²) in [4.78, 5) is 11.2. The van der Waals surface area contributed by atoms with Gasteiger partial charge in [-0.05, 0) is 42.1 Å². The molecule has 0 saturated carbocycles. The Morgan fingerprint density at radius 3 is 2.80 bits per heavy atom. The van der Waals surface area contributed by atoms with Crippen LogP contribution in [0.25, 0.3) is 0 Å². The van der Waals surface area contributed by atoms with Gasteiger partial charge in [0.15, 0.2) is 0 Å². The molecule has 0 saturated heterocycles. The van der Waals surface area contributed by atoms with Crippen LogP contribution < -0.4 is 0 Å². The highest BCUT2D eigenvalue weighted by Gasteiger charge is 2.09. The van der Waals surface area contributed by atoms with Gasteiger partial charge in [0.05, 0.1) is 11.6 Å². The zero-order valence-electron chi connectivity index (χ0n) is 8.59. The van der Waals surface area contributed by atoms with Gasteiger partial charge >= 0.3 is 0 Å². The van der Waals surface area contributed by atoms with Crippen molar-refractivity contribution >= 4 is 16.8 Å². The Morgan fingerprint density at radius 1 is 1.53 bits per heavy atom. The van der Waals surface area contributed by atoms with Crippen LogP contribution in [-0.2, 0) is 6.42 Å². The molecule has 0 aromatic heterocycles. The minimum atomic E-state index is -0.488. The molecule has 0 unspecified atom stereocenters. The van der Waals surface area contributed by atoms with Gasteiger partial charge < -0.3 is 0 Å². The second-order valence-corrected chi connectivity index (χ2v) is 3.70. The van der Waals surface area contributed by atoms with E-state index in [9.17, 15) is 4.79 Å². The second kappa shape index (κ2) is 5.53. The smallest absolute Gasteiger partial charge is 0.252 e. The number of unbranched alkanes of at least 4 members (excludes halogenated alkanes) is 1. The molecule has 1 rings (SSSR count). The number of carbonyl (C=O) groups excluding carboxylic acids is 1. The van der Waals surface area contributed by atoms with E-state index >= 15 is 0 Å². The summed E-state index contributed by atoms with van der Waals surface area (Å²) in [5, 5.41) is 8.22. The lowest BCUT2D eigenvalue weighted by Crippen LogP contribution is -1.98. The zero-order chi connectivity index (χ0) is 11.3. The van der Waals surface area contributed by atoms with E-state index in [0.717, 1.165) is 24.8 Å². The maximum Gasteiger partial charge on any atom is 0.252 e. The summed E-state index contributed by atoms with van der Waals surface area (Å²) in [7, 11) is 0. The summed E-state index contributed by atoms with van der Waals surface area (Å²) in [6.07, 6.45) is 2.91. The topological polar surface area (TPSA) is 40.9 Å². The SMILES string of the molecule is CCCCc1ccc(C#N)cc1C(=O)Cl. The first-order valence-electron chi connectivity index (χ1n) is 4.92. The molecule has 0 heterocycles. The Balaban J connectivity index is 3.05. The van der Waals surface area contributed by atoms with Crippen LogP contribution in [-0.4, -0.2) is 5.24 Å². The van der Waals surface area contributed by atoms with Gasteiger partial charge in [0, 0.05) is 5.56 Å². The van der Waals surface area contributed by atoms with Gasteiger partial charge in [-0.2, -0.15) is 5.26 Å². The van der Waals surface area contributed by atoms with E-state index in [1.807, 2.05) is 12.1 Å². The molecule has 1 aromatic carbocycles. The van der Waals surface area contributed by atoms with Crippen LogP contribution in [0, 0.1) is 11.3 Å². The zero-order valence-corrected chi connectivity index (χ0v) is 9.34. The van der Waals surface area contributed by atoms with E-state index in [0.29, 0.717) is 11.1 Å². The average Bonchev–Trinajstić information content (AvgIpc) is 2.26. The van der Waals surface area contributed by atoms with Crippen molar-refractivity contribution in [2.75, 3.05) is 0 Å². The lowest BCUT2D eigenvalue weighted by atomic mass is 10.0. The van der Waals surface area contributed by atoms with Crippen LogP contribution in [0.1, 0.15) is 41.3 Å². The van der Waals surface area contributed by atoms with Gasteiger partial charge in [-0.3, -0.25) is 4.79 Å². The summed E-state index contributed by atoms with van der Waals surface area (Å²) < 4.78 is 0. The number of hydrogen-bond acceptors (Lipinski definition) is 2. The van der Waals surface area contributed by atoms with Gasteiger partial charge in [-0.1, -0.05) is 19.4 Å². The fraction of sp³-hybridized carbons (Fsp3) is 0.333. The maximum atomic E-state index is 11.2. The van der Waals surface area contributed by atoms with E-state index < -0.39 is 5.24 Å². The Kier molecular flexibility index (Phi) is 4.33. The minimum Gasteiger partial charge on any atom is -0.276 e. The molecule has 15 heavy (non-hydrogen) atoms. The summed E-state index contributed by atoms with van der Waals surface area (Å²) in [5.74, 6) is 0. The minimum absolute atomic E-state index is 0.462. The molecule has 0 fully saturated rings. The summed E-state index contributed by atoms with van der Waals surface area (Å²) >= 11 is 5.47. The molecule has 0 aliphatic heterocycles. The molecule has 0 atom stereocenters. The van der Waals surface area contributed by atoms with Gasteiger partial charge in [0.2, 0.25) is 0 Å². The third-order valence-corrected chi connectivity index (χ3v) is 2.45. The van der Waals surface area contributed by atoms with Crippen molar-refractivity contribution in [1.29, 1.82) is 5.26 Å². The van der Waals surface area contributed by atoms with E-state index in [2.05, 4.69) is 6.92 Å². The molecule has 0 amide bonds. The quantitative estimate of drug-likeness (QED) is 0.733. The number of nitrogens with zero attached hydrogens (tertiary/aromatic N) is 1. The van der Waals surface area contributed by atoms with E-state index in [4.69, 9.17) is 16.9 Å². The Labute approximate surface area is 94.5 Å². The van der Waals surface area contributed by atoms with Crippen molar-refractivity contribution in [1.82, 2.24) is 0 Å². The molecule has 0 aliphatic carbocycles. The van der Waals surface area contributed by atoms with Gasteiger partial charge in [0.1, 0.15) is 0 Å². The van der Waals surface area contributed by atoms with Crippen molar-refractivity contribution < 1.29 is 4.79 Å². The van der Waals surface area contributed by atoms with Crippen molar-refractivity contribution in [3.8, 4) is 6.07 Å². The fourth-order valence-electron chi connectivity index (χ4n) is 1.41. The van der Waals surface area contributed by atoms with Gasteiger partial charge in [-0.25, -0.2) is 0 Å². The number of carbonyl (C=O) groups is 1. The molecule has 2 nitrogen and oxygen atoms in total. The molecular formula is C12H12ClNO. The number of hydrogen-bond donors (Lipinski definition) is 0. The summed E-state index contributed by atoms with van der Waals surface area (Å²) in [6, 6.07) is 7.08. The number of aryl methyl sites for hydroxylation is 1. The predicted octanol–water partition coefficient (Wildman–Crippen LogP) is 3.28. The molecule has 0 aliphatic rings. The van der Waals surface area contributed by atoms with Crippen molar-refractivity contribution in [2.45, 2.75) is 26.2 Å². The predicted molar refractivity (Wildman–Crippen MR) is 60.0 cm³/mol. The van der Waals surface area contributed by atoms with E-state index in [-0.39, 0.29) is 0 Å². The Morgan fingerprint density at radius 2 is 2.27 bits per heavy atom. The van der Waals surface area contributed by atoms with Crippen LogP contribution in [0.4, 0.5) is 0 Å². The number of halogens is 1. The third kappa shape index (κ3) is 3.07. The van der Waals surface area contributed by atoms with Crippen molar-refractivity contribution in [2.24, 2.45) is 0 Å². The van der Waals surface area contributed by atoms with E-state index in [1.165, 1.54) is 0 Å². The molecular weight excluding hydrogens is 210 g/mol. The molecule has 78 valence electrons. The molecule has 0 N–H and O–H groups in total. The third-order valence-electron chi connectivity index (χ3n) is 2.25. The number of rotatable bonds is 4. The molecule has 0 spiro atoms. The van der Waals surface area contributed by atoms with Crippen LogP contribution in [0.5, 0.6) is 0 Å². The molecule has 0 bridgehead atoms. The average molecular weight is 222 g/mol. The lowest BCUT2D eigenvalue weighted by molar-refractivity contribution is 0.108. The molecule has 3 heteroatoms. The number of nitriles is 1. The Hall–Kier alpha value is -1.33. The highest BCUT2D eigenvalue weighted by molar-refractivity contribution is 6.67.